The second-order valence-electron chi connectivity index (χ2n) is 6.79. The minimum Gasteiger partial charge on any atom is -0.497 e. The van der Waals surface area contributed by atoms with Crippen LogP contribution >= 0.6 is 15.9 Å². The molecular weight excluding hydrogens is 394 g/mol. The number of carboxylic acid groups (broad SMARTS) is 1. The van der Waals surface area contributed by atoms with Gasteiger partial charge in [-0.25, -0.2) is 0 Å². The number of rotatable bonds is 5. The zero-order chi connectivity index (χ0) is 18.4. The Morgan fingerprint density at radius 3 is 2.62 bits per heavy atom. The summed E-state index contributed by atoms with van der Waals surface area (Å²) in [7, 11) is 1.65. The molecule has 1 N–H and O–H groups in total. The molecule has 2 aromatic carbocycles. The van der Waals surface area contributed by atoms with Gasteiger partial charge in [0.15, 0.2) is 0 Å². The Balaban J connectivity index is 1.91. The van der Waals surface area contributed by atoms with E-state index in [4.69, 9.17) is 4.74 Å². The van der Waals surface area contributed by atoms with E-state index in [2.05, 4.69) is 45.6 Å². The monoisotopic (exact) mass is 413 g/mol. The summed E-state index contributed by atoms with van der Waals surface area (Å²) in [4.78, 5) is 11.4. The molecule has 0 radical (unpaired) electrons. The molecule has 5 heteroatoms. The fraction of sp³-hybridized carbons (Fsp3) is 0.286. The largest absolute Gasteiger partial charge is 0.497 e. The highest BCUT2D eigenvalue weighted by atomic mass is 79.9. The number of nitrogens with zero attached hydrogens (tertiary/aromatic N) is 1. The number of ether oxygens (including phenoxy) is 1. The molecule has 1 heterocycles. The number of hydrogen-bond donors (Lipinski definition) is 1. The highest BCUT2D eigenvalue weighted by Crippen LogP contribution is 2.52. The van der Waals surface area contributed by atoms with E-state index in [1.54, 1.807) is 7.11 Å². The van der Waals surface area contributed by atoms with E-state index in [9.17, 15) is 9.90 Å². The van der Waals surface area contributed by atoms with Crippen molar-refractivity contribution in [2.24, 2.45) is 5.92 Å². The average Bonchev–Trinajstić information content (AvgIpc) is 3.39. The van der Waals surface area contributed by atoms with E-state index in [-0.39, 0.29) is 16.8 Å². The van der Waals surface area contributed by atoms with Crippen molar-refractivity contribution in [3.05, 3.63) is 65.4 Å². The predicted octanol–water partition coefficient (Wildman–Crippen LogP) is 5.09. The van der Waals surface area contributed by atoms with E-state index in [0.717, 1.165) is 33.5 Å². The van der Waals surface area contributed by atoms with Crippen LogP contribution in [0.25, 0.3) is 10.9 Å². The third-order valence-electron chi connectivity index (χ3n) is 5.28. The second kappa shape index (κ2) is 6.47. The first-order valence-electron chi connectivity index (χ1n) is 8.63. The molecule has 134 valence electrons. The van der Waals surface area contributed by atoms with Crippen molar-refractivity contribution in [2.75, 3.05) is 7.11 Å². The Hall–Kier alpha value is -2.27. The SMILES string of the molecule is COc1ccc2c(c1)c([C@@H]1C[C@H]1C(=O)O)c(C)n2C(Br)c1ccccc1. The Morgan fingerprint density at radius 1 is 1.27 bits per heavy atom. The molecule has 3 aromatic rings. The van der Waals surface area contributed by atoms with Gasteiger partial charge in [-0.3, -0.25) is 4.79 Å². The van der Waals surface area contributed by atoms with Gasteiger partial charge in [-0.15, -0.1) is 0 Å². The Labute approximate surface area is 160 Å². The lowest BCUT2D eigenvalue weighted by Crippen LogP contribution is -2.06. The quantitative estimate of drug-likeness (QED) is 0.592. The standard InChI is InChI=1S/C21H20BrNO3/c1-12-19(15-11-16(15)21(24)25)17-10-14(26-2)8-9-18(17)23(12)20(22)13-6-4-3-5-7-13/h3-10,15-16,20H,11H2,1-2H3,(H,24,25)/t15-,16-,20?/m1/s1. The number of aliphatic carboxylic acids is 1. The van der Waals surface area contributed by atoms with Crippen molar-refractivity contribution in [1.82, 2.24) is 4.57 Å². The summed E-state index contributed by atoms with van der Waals surface area (Å²) in [5, 5.41) is 10.5. The summed E-state index contributed by atoms with van der Waals surface area (Å²) in [6.07, 6.45) is 0.699. The van der Waals surface area contributed by atoms with Crippen LogP contribution in [0.3, 0.4) is 0 Å². The zero-order valence-corrected chi connectivity index (χ0v) is 16.2. The number of aromatic nitrogens is 1. The van der Waals surface area contributed by atoms with Crippen LogP contribution in [0.2, 0.25) is 0 Å². The third-order valence-corrected chi connectivity index (χ3v) is 6.22. The average molecular weight is 414 g/mol. The highest BCUT2D eigenvalue weighted by Gasteiger charge is 2.46. The van der Waals surface area contributed by atoms with E-state index < -0.39 is 5.97 Å². The summed E-state index contributed by atoms with van der Waals surface area (Å²) in [5.41, 5.74) is 4.47. The van der Waals surface area contributed by atoms with Gasteiger partial charge in [0.1, 0.15) is 10.7 Å². The molecule has 4 rings (SSSR count). The first kappa shape index (κ1) is 17.2. The number of carbonyl (C=O) groups is 1. The van der Waals surface area contributed by atoms with Gasteiger partial charge in [0.2, 0.25) is 0 Å². The van der Waals surface area contributed by atoms with Crippen molar-refractivity contribution >= 4 is 32.8 Å². The normalized spacial score (nSPS) is 20.1. The number of hydrogen-bond acceptors (Lipinski definition) is 2. The molecule has 1 unspecified atom stereocenters. The summed E-state index contributed by atoms with van der Waals surface area (Å²) in [6, 6.07) is 16.3. The van der Waals surface area contributed by atoms with Gasteiger partial charge < -0.3 is 14.4 Å². The first-order chi connectivity index (χ1) is 12.5. The van der Waals surface area contributed by atoms with Crippen molar-refractivity contribution < 1.29 is 14.6 Å². The number of fused-ring (bicyclic) bond motifs is 1. The molecule has 4 nitrogen and oxygen atoms in total. The van der Waals surface area contributed by atoms with E-state index in [1.807, 2.05) is 30.3 Å². The maximum Gasteiger partial charge on any atom is 0.307 e. The van der Waals surface area contributed by atoms with Crippen LogP contribution in [0.5, 0.6) is 5.75 Å². The van der Waals surface area contributed by atoms with Gasteiger partial charge in [-0.1, -0.05) is 46.3 Å². The number of alkyl halides is 1. The highest BCUT2D eigenvalue weighted by molar-refractivity contribution is 9.09. The van der Waals surface area contributed by atoms with Crippen LogP contribution in [0.4, 0.5) is 0 Å². The smallest absolute Gasteiger partial charge is 0.307 e. The van der Waals surface area contributed by atoms with E-state index in [1.165, 1.54) is 0 Å². The molecule has 26 heavy (non-hydrogen) atoms. The minimum absolute atomic E-state index is 0.0182. The number of methoxy groups -OCH3 is 1. The van der Waals surface area contributed by atoms with E-state index >= 15 is 0 Å². The minimum atomic E-state index is -0.711. The molecule has 1 fully saturated rings. The summed E-state index contributed by atoms with van der Waals surface area (Å²) in [6.45, 7) is 2.08. The molecule has 1 aromatic heterocycles. The maximum absolute atomic E-state index is 11.4. The van der Waals surface area contributed by atoms with Crippen LogP contribution in [-0.2, 0) is 4.79 Å². The molecule has 0 aliphatic heterocycles. The van der Waals surface area contributed by atoms with Crippen LogP contribution in [0.15, 0.2) is 48.5 Å². The van der Waals surface area contributed by atoms with Crippen LogP contribution < -0.4 is 4.74 Å². The molecule has 3 atom stereocenters. The lowest BCUT2D eigenvalue weighted by Gasteiger charge is -2.17. The molecule has 1 aliphatic carbocycles. The predicted molar refractivity (Wildman–Crippen MR) is 105 cm³/mol. The summed E-state index contributed by atoms with van der Waals surface area (Å²) >= 11 is 3.84. The molecular formula is C21H20BrNO3. The molecule has 0 bridgehead atoms. The maximum atomic E-state index is 11.4. The zero-order valence-electron chi connectivity index (χ0n) is 14.6. The van der Waals surface area contributed by atoms with Crippen LogP contribution in [-0.4, -0.2) is 22.8 Å². The number of carboxylic acids is 1. The lowest BCUT2D eigenvalue weighted by atomic mass is 10.0. The third kappa shape index (κ3) is 2.71. The van der Waals surface area contributed by atoms with Gasteiger partial charge in [0.05, 0.1) is 18.5 Å². The van der Waals surface area contributed by atoms with Gasteiger partial charge in [0.25, 0.3) is 0 Å². The van der Waals surface area contributed by atoms with Crippen molar-refractivity contribution in [1.29, 1.82) is 0 Å². The Morgan fingerprint density at radius 2 is 2.00 bits per heavy atom. The first-order valence-corrected chi connectivity index (χ1v) is 9.54. The fourth-order valence-corrected chi connectivity index (χ4v) is 4.71. The number of halogens is 1. The van der Waals surface area contributed by atoms with Gasteiger partial charge in [-0.2, -0.15) is 0 Å². The Kier molecular flexibility index (Phi) is 4.27. The fourth-order valence-electron chi connectivity index (χ4n) is 3.88. The van der Waals surface area contributed by atoms with Crippen molar-refractivity contribution in [3.63, 3.8) is 0 Å². The summed E-state index contributed by atoms with van der Waals surface area (Å²) < 4.78 is 7.66. The van der Waals surface area contributed by atoms with E-state index in [0.29, 0.717) is 6.42 Å². The molecule has 1 saturated carbocycles. The summed E-state index contributed by atoms with van der Waals surface area (Å²) in [5.74, 6) is -0.144. The molecule has 0 spiro atoms. The molecule has 0 amide bonds. The lowest BCUT2D eigenvalue weighted by molar-refractivity contribution is -0.138. The number of benzene rings is 2. The van der Waals surface area contributed by atoms with Crippen LogP contribution in [0.1, 0.15) is 34.1 Å². The van der Waals surface area contributed by atoms with Crippen molar-refractivity contribution in [2.45, 2.75) is 24.2 Å². The van der Waals surface area contributed by atoms with Crippen LogP contribution in [0, 0.1) is 12.8 Å². The topological polar surface area (TPSA) is 51.5 Å². The van der Waals surface area contributed by atoms with Crippen molar-refractivity contribution in [3.8, 4) is 5.75 Å². The van der Waals surface area contributed by atoms with Gasteiger partial charge in [-0.05, 0) is 42.7 Å². The molecule has 1 aliphatic rings. The van der Waals surface area contributed by atoms with Gasteiger partial charge in [0, 0.05) is 17.0 Å². The Bertz CT molecular complexity index is 980. The molecule has 0 saturated heterocycles. The second-order valence-corrected chi connectivity index (χ2v) is 7.65. The van der Waals surface area contributed by atoms with Gasteiger partial charge >= 0.3 is 5.97 Å².